The summed E-state index contributed by atoms with van der Waals surface area (Å²) >= 11 is 0. The van der Waals surface area contributed by atoms with Gasteiger partial charge in [0.25, 0.3) is 0 Å². The Morgan fingerprint density at radius 1 is 1.29 bits per heavy atom. The summed E-state index contributed by atoms with van der Waals surface area (Å²) in [7, 11) is 1.60. The molecule has 0 aliphatic heterocycles. The van der Waals surface area contributed by atoms with Gasteiger partial charge in [-0.15, -0.1) is 6.42 Å². The van der Waals surface area contributed by atoms with Crippen LogP contribution < -0.4 is 9.47 Å². The average molecular weight is 279 g/mol. The minimum atomic E-state index is 0.203. The zero-order chi connectivity index (χ0) is 14.7. The molecule has 0 radical (unpaired) electrons. The number of aromatic nitrogens is 3. The van der Waals surface area contributed by atoms with E-state index in [4.69, 9.17) is 15.9 Å². The highest BCUT2D eigenvalue weighted by Gasteiger charge is 2.09. The highest BCUT2D eigenvalue weighted by atomic mass is 16.5. The topological polar surface area (TPSA) is 60.0 Å². The van der Waals surface area contributed by atoms with Gasteiger partial charge >= 0.3 is 0 Å². The van der Waals surface area contributed by atoms with Gasteiger partial charge in [-0.1, -0.05) is 5.92 Å². The Morgan fingerprint density at radius 2 is 2.14 bits per heavy atom. The van der Waals surface area contributed by atoms with E-state index in [9.17, 15) is 0 Å². The first-order valence-corrected chi connectivity index (χ1v) is 6.36. The fraction of sp³-hybridized carbons (Fsp3) is 0.125. The van der Waals surface area contributed by atoms with Crippen LogP contribution in [0.2, 0.25) is 0 Å². The van der Waals surface area contributed by atoms with Crippen LogP contribution in [-0.2, 0) is 0 Å². The van der Waals surface area contributed by atoms with Crippen molar-refractivity contribution in [2.45, 2.75) is 0 Å². The van der Waals surface area contributed by atoms with Crippen LogP contribution in [0.5, 0.6) is 11.5 Å². The molecular weight excluding hydrogens is 266 g/mol. The molecule has 2 heterocycles. The Kier molecular flexibility index (Phi) is 3.44. The molecule has 0 atom stereocenters. The van der Waals surface area contributed by atoms with Crippen molar-refractivity contribution in [2.24, 2.45) is 0 Å². The summed E-state index contributed by atoms with van der Waals surface area (Å²) in [6.07, 6.45) is 6.92. The number of aromatic amines is 1. The predicted octanol–water partition coefficient (Wildman–Crippen LogP) is 2.65. The van der Waals surface area contributed by atoms with Gasteiger partial charge in [0.1, 0.15) is 23.9 Å². The van der Waals surface area contributed by atoms with E-state index in [0.29, 0.717) is 23.0 Å². The Balaban J connectivity index is 2.05. The van der Waals surface area contributed by atoms with Crippen LogP contribution in [0.4, 0.5) is 0 Å². The number of pyridine rings is 1. The second-order valence-electron chi connectivity index (χ2n) is 4.35. The third kappa shape index (κ3) is 2.65. The van der Waals surface area contributed by atoms with Crippen molar-refractivity contribution in [3.8, 4) is 35.2 Å². The summed E-state index contributed by atoms with van der Waals surface area (Å²) in [5.41, 5.74) is 2.39. The Hall–Kier alpha value is -3.00. The minimum Gasteiger partial charge on any atom is -0.497 e. The molecule has 3 rings (SSSR count). The molecule has 5 heteroatoms. The lowest BCUT2D eigenvalue weighted by atomic mass is 10.2. The van der Waals surface area contributed by atoms with E-state index in [1.54, 1.807) is 19.4 Å². The zero-order valence-electron chi connectivity index (χ0n) is 11.5. The maximum absolute atomic E-state index is 5.46. The molecule has 21 heavy (non-hydrogen) atoms. The van der Waals surface area contributed by atoms with Crippen LogP contribution in [-0.4, -0.2) is 28.7 Å². The second kappa shape index (κ2) is 5.55. The fourth-order valence-corrected chi connectivity index (χ4v) is 2.02. The zero-order valence-corrected chi connectivity index (χ0v) is 11.5. The first-order chi connectivity index (χ1) is 10.3. The third-order valence-electron chi connectivity index (χ3n) is 2.97. The van der Waals surface area contributed by atoms with Gasteiger partial charge in [0, 0.05) is 17.8 Å². The lowest BCUT2D eigenvalue weighted by Crippen LogP contribution is -1.95. The molecule has 0 spiro atoms. The first-order valence-electron chi connectivity index (χ1n) is 6.36. The molecule has 5 nitrogen and oxygen atoms in total. The van der Waals surface area contributed by atoms with E-state index >= 15 is 0 Å². The van der Waals surface area contributed by atoms with Crippen molar-refractivity contribution in [2.75, 3.05) is 13.7 Å². The Labute approximate surface area is 122 Å². The second-order valence-corrected chi connectivity index (χ2v) is 4.35. The molecule has 0 saturated carbocycles. The molecule has 0 amide bonds. The van der Waals surface area contributed by atoms with Crippen molar-refractivity contribution < 1.29 is 9.47 Å². The quantitative estimate of drug-likeness (QED) is 0.746. The lowest BCUT2D eigenvalue weighted by molar-refractivity contribution is 0.363. The van der Waals surface area contributed by atoms with Crippen LogP contribution in [0, 0.1) is 12.3 Å². The summed E-state index contributed by atoms with van der Waals surface area (Å²) in [6, 6.07) is 9.30. The van der Waals surface area contributed by atoms with E-state index in [2.05, 4.69) is 20.9 Å². The molecule has 1 N–H and O–H groups in total. The largest absolute Gasteiger partial charge is 0.497 e. The molecule has 0 fully saturated rings. The van der Waals surface area contributed by atoms with Crippen LogP contribution in [0.3, 0.4) is 0 Å². The van der Waals surface area contributed by atoms with Gasteiger partial charge in [0.15, 0.2) is 5.65 Å². The van der Waals surface area contributed by atoms with Gasteiger partial charge in [-0.3, -0.25) is 0 Å². The molecule has 0 saturated heterocycles. The number of hydrogen-bond acceptors (Lipinski definition) is 4. The van der Waals surface area contributed by atoms with E-state index in [1.165, 1.54) is 0 Å². The number of fused-ring (bicyclic) bond motifs is 1. The fourth-order valence-electron chi connectivity index (χ4n) is 2.02. The van der Waals surface area contributed by atoms with Crippen molar-refractivity contribution in [1.82, 2.24) is 15.0 Å². The molecule has 2 aromatic heterocycles. The number of hydrogen-bond donors (Lipinski definition) is 1. The van der Waals surface area contributed by atoms with Crippen molar-refractivity contribution in [3.05, 3.63) is 36.5 Å². The number of benzene rings is 1. The van der Waals surface area contributed by atoms with Crippen molar-refractivity contribution >= 4 is 11.2 Å². The van der Waals surface area contributed by atoms with E-state index < -0.39 is 0 Å². The SMILES string of the molecule is C#CCOc1cc(OC)cc(-c2nc3ncccc3[nH]2)c1. The maximum atomic E-state index is 5.46. The molecule has 0 bridgehead atoms. The number of ether oxygens (including phenoxy) is 2. The highest BCUT2D eigenvalue weighted by molar-refractivity contribution is 5.76. The van der Waals surface area contributed by atoms with E-state index in [-0.39, 0.29) is 6.61 Å². The summed E-state index contributed by atoms with van der Waals surface area (Å²) in [6.45, 7) is 0.203. The standard InChI is InChI=1S/C16H13N3O2/c1-3-7-21-13-9-11(8-12(10-13)20-2)15-18-14-5-4-6-17-16(14)19-15/h1,4-6,8-10H,7H2,2H3,(H,17,18,19). The molecule has 3 aromatic rings. The molecule has 0 aliphatic rings. The molecule has 1 aromatic carbocycles. The minimum absolute atomic E-state index is 0.203. The monoisotopic (exact) mass is 279 g/mol. The number of nitrogens with zero attached hydrogens (tertiary/aromatic N) is 2. The summed E-state index contributed by atoms with van der Waals surface area (Å²) in [5.74, 6) is 4.45. The number of terminal acetylenes is 1. The Morgan fingerprint density at radius 3 is 2.90 bits per heavy atom. The molecule has 104 valence electrons. The van der Waals surface area contributed by atoms with Crippen LogP contribution in [0.25, 0.3) is 22.6 Å². The number of H-pyrrole nitrogens is 1. The molecule has 0 unspecified atom stereocenters. The summed E-state index contributed by atoms with van der Waals surface area (Å²) in [4.78, 5) is 11.9. The molecule has 0 aliphatic carbocycles. The van der Waals surface area contributed by atoms with Crippen LogP contribution >= 0.6 is 0 Å². The summed E-state index contributed by atoms with van der Waals surface area (Å²) in [5, 5.41) is 0. The number of methoxy groups -OCH3 is 1. The predicted molar refractivity (Wildman–Crippen MR) is 80.2 cm³/mol. The highest BCUT2D eigenvalue weighted by Crippen LogP contribution is 2.29. The number of nitrogens with one attached hydrogen (secondary N) is 1. The van der Waals surface area contributed by atoms with E-state index in [0.717, 1.165) is 11.1 Å². The third-order valence-corrected chi connectivity index (χ3v) is 2.97. The van der Waals surface area contributed by atoms with Crippen molar-refractivity contribution in [1.29, 1.82) is 0 Å². The Bertz CT molecular complexity index is 785. The van der Waals surface area contributed by atoms with Gasteiger partial charge in [0.05, 0.1) is 12.6 Å². The summed E-state index contributed by atoms with van der Waals surface area (Å²) < 4.78 is 10.7. The van der Waals surface area contributed by atoms with Gasteiger partial charge in [-0.25, -0.2) is 9.97 Å². The first kappa shape index (κ1) is 13.0. The lowest BCUT2D eigenvalue weighted by Gasteiger charge is -2.07. The molecular formula is C16H13N3O2. The van der Waals surface area contributed by atoms with Crippen molar-refractivity contribution in [3.63, 3.8) is 0 Å². The van der Waals surface area contributed by atoms with Crippen LogP contribution in [0.15, 0.2) is 36.5 Å². The average Bonchev–Trinajstić information content (AvgIpc) is 2.96. The van der Waals surface area contributed by atoms with Gasteiger partial charge in [-0.2, -0.15) is 0 Å². The normalized spacial score (nSPS) is 10.3. The maximum Gasteiger partial charge on any atom is 0.178 e. The van der Waals surface area contributed by atoms with Gasteiger partial charge in [0.2, 0.25) is 0 Å². The number of imidazole rings is 1. The van der Waals surface area contributed by atoms with Gasteiger partial charge < -0.3 is 14.5 Å². The van der Waals surface area contributed by atoms with E-state index in [1.807, 2.05) is 24.3 Å². The smallest absolute Gasteiger partial charge is 0.178 e. The van der Waals surface area contributed by atoms with Gasteiger partial charge in [-0.05, 0) is 24.3 Å². The number of rotatable bonds is 4. The van der Waals surface area contributed by atoms with Crippen LogP contribution in [0.1, 0.15) is 0 Å².